The predicted octanol–water partition coefficient (Wildman–Crippen LogP) is 2.71. The Hall–Kier alpha value is -2.04. The zero-order valence-corrected chi connectivity index (χ0v) is 14.0. The SMILES string of the molecule is COc1cccc(CN(CCN)CCc2ccccc2)c1OC. The standard InChI is InChI=1S/C19H26N2O2/c1-22-18-10-6-9-17(19(18)23-2)15-21(14-12-20)13-11-16-7-4-3-5-8-16/h3-10H,11-15,20H2,1-2H3. The van der Waals surface area contributed by atoms with Gasteiger partial charge in [0.1, 0.15) is 0 Å². The highest BCUT2D eigenvalue weighted by Gasteiger charge is 2.13. The first-order valence-corrected chi connectivity index (χ1v) is 7.94. The van der Waals surface area contributed by atoms with Crippen molar-refractivity contribution in [2.24, 2.45) is 5.73 Å². The van der Waals surface area contributed by atoms with Crippen molar-refractivity contribution in [1.29, 1.82) is 0 Å². The molecule has 0 saturated carbocycles. The Balaban J connectivity index is 2.07. The molecule has 0 aliphatic carbocycles. The molecule has 2 aromatic carbocycles. The van der Waals surface area contributed by atoms with E-state index >= 15 is 0 Å². The molecule has 0 spiro atoms. The maximum Gasteiger partial charge on any atom is 0.165 e. The van der Waals surface area contributed by atoms with Crippen LogP contribution in [0.2, 0.25) is 0 Å². The van der Waals surface area contributed by atoms with Crippen LogP contribution in [-0.2, 0) is 13.0 Å². The largest absolute Gasteiger partial charge is 0.493 e. The average molecular weight is 314 g/mol. The summed E-state index contributed by atoms with van der Waals surface area (Å²) in [5.41, 5.74) is 8.24. The molecule has 0 unspecified atom stereocenters. The highest BCUT2D eigenvalue weighted by molar-refractivity contribution is 5.46. The molecular formula is C19H26N2O2. The van der Waals surface area contributed by atoms with Crippen molar-refractivity contribution in [3.63, 3.8) is 0 Å². The van der Waals surface area contributed by atoms with E-state index in [1.165, 1.54) is 5.56 Å². The van der Waals surface area contributed by atoms with Crippen molar-refractivity contribution in [2.45, 2.75) is 13.0 Å². The summed E-state index contributed by atoms with van der Waals surface area (Å²) in [4.78, 5) is 2.35. The normalized spacial score (nSPS) is 10.8. The first-order chi connectivity index (χ1) is 11.3. The van der Waals surface area contributed by atoms with Gasteiger partial charge in [-0.25, -0.2) is 0 Å². The summed E-state index contributed by atoms with van der Waals surface area (Å²) in [7, 11) is 3.34. The quantitative estimate of drug-likeness (QED) is 0.773. The van der Waals surface area contributed by atoms with Crippen molar-refractivity contribution in [1.82, 2.24) is 4.90 Å². The van der Waals surface area contributed by atoms with Crippen molar-refractivity contribution in [3.05, 3.63) is 59.7 Å². The van der Waals surface area contributed by atoms with Crippen molar-refractivity contribution in [3.8, 4) is 11.5 Å². The van der Waals surface area contributed by atoms with Crippen molar-refractivity contribution in [2.75, 3.05) is 33.9 Å². The van der Waals surface area contributed by atoms with Crippen LogP contribution in [0, 0.1) is 0 Å². The van der Waals surface area contributed by atoms with E-state index in [1.54, 1.807) is 14.2 Å². The zero-order chi connectivity index (χ0) is 16.5. The van der Waals surface area contributed by atoms with Crippen LogP contribution in [0.3, 0.4) is 0 Å². The number of hydrogen-bond donors (Lipinski definition) is 1. The maximum absolute atomic E-state index is 5.78. The summed E-state index contributed by atoms with van der Waals surface area (Å²) in [6.45, 7) is 3.25. The number of nitrogens with two attached hydrogens (primary N) is 1. The van der Waals surface area contributed by atoms with Gasteiger partial charge in [0.15, 0.2) is 11.5 Å². The molecule has 0 saturated heterocycles. The van der Waals surface area contributed by atoms with E-state index in [9.17, 15) is 0 Å². The van der Waals surface area contributed by atoms with Gasteiger partial charge >= 0.3 is 0 Å². The highest BCUT2D eigenvalue weighted by Crippen LogP contribution is 2.31. The summed E-state index contributed by atoms with van der Waals surface area (Å²) >= 11 is 0. The lowest BCUT2D eigenvalue weighted by Gasteiger charge is -2.23. The van der Waals surface area contributed by atoms with Gasteiger partial charge in [0, 0.05) is 31.7 Å². The first-order valence-electron chi connectivity index (χ1n) is 7.94. The summed E-state index contributed by atoms with van der Waals surface area (Å²) in [6, 6.07) is 16.5. The Bertz CT molecular complexity index is 587. The Labute approximate surface area is 138 Å². The van der Waals surface area contributed by atoms with Crippen LogP contribution in [0.4, 0.5) is 0 Å². The molecule has 0 bridgehead atoms. The Morgan fingerprint density at radius 2 is 1.70 bits per heavy atom. The third kappa shape index (κ3) is 4.98. The van der Waals surface area contributed by atoms with E-state index < -0.39 is 0 Å². The first kappa shape index (κ1) is 17.3. The van der Waals surface area contributed by atoms with Crippen molar-refractivity contribution < 1.29 is 9.47 Å². The molecule has 0 aliphatic rings. The van der Waals surface area contributed by atoms with Gasteiger partial charge in [0.05, 0.1) is 14.2 Å². The van der Waals surface area contributed by atoms with E-state index in [1.807, 2.05) is 18.2 Å². The molecule has 2 rings (SSSR count). The lowest BCUT2D eigenvalue weighted by Crippen LogP contribution is -2.31. The molecular weight excluding hydrogens is 288 g/mol. The second-order valence-corrected chi connectivity index (χ2v) is 5.45. The predicted molar refractivity (Wildman–Crippen MR) is 94.0 cm³/mol. The molecule has 0 amide bonds. The minimum Gasteiger partial charge on any atom is -0.493 e. The Morgan fingerprint density at radius 3 is 2.35 bits per heavy atom. The second kappa shape index (κ2) is 9.18. The number of nitrogens with zero attached hydrogens (tertiary/aromatic N) is 1. The Morgan fingerprint density at radius 1 is 0.913 bits per heavy atom. The smallest absolute Gasteiger partial charge is 0.165 e. The van der Waals surface area contributed by atoms with Crippen LogP contribution in [0.5, 0.6) is 11.5 Å². The average Bonchev–Trinajstić information content (AvgIpc) is 2.60. The number of ether oxygens (including phenoxy) is 2. The number of methoxy groups -OCH3 is 2. The second-order valence-electron chi connectivity index (χ2n) is 5.45. The summed E-state index contributed by atoms with van der Waals surface area (Å²) < 4.78 is 10.9. The topological polar surface area (TPSA) is 47.7 Å². The third-order valence-electron chi connectivity index (χ3n) is 3.88. The fourth-order valence-corrected chi connectivity index (χ4v) is 2.70. The zero-order valence-electron chi connectivity index (χ0n) is 14.0. The van der Waals surface area contributed by atoms with Crippen molar-refractivity contribution >= 4 is 0 Å². The number of para-hydroxylation sites is 1. The molecule has 4 nitrogen and oxygen atoms in total. The summed E-state index contributed by atoms with van der Waals surface area (Å²) in [5.74, 6) is 1.57. The van der Waals surface area contributed by atoms with Crippen LogP contribution in [-0.4, -0.2) is 38.8 Å². The van der Waals surface area contributed by atoms with Gasteiger partial charge in [-0.3, -0.25) is 4.90 Å². The third-order valence-corrected chi connectivity index (χ3v) is 3.88. The molecule has 4 heteroatoms. The number of hydrogen-bond acceptors (Lipinski definition) is 4. The van der Waals surface area contributed by atoms with Crippen LogP contribution < -0.4 is 15.2 Å². The minimum absolute atomic E-state index is 0.640. The fraction of sp³-hybridized carbons (Fsp3) is 0.368. The molecule has 0 heterocycles. The lowest BCUT2D eigenvalue weighted by atomic mass is 10.1. The molecule has 0 atom stereocenters. The van der Waals surface area contributed by atoms with E-state index in [-0.39, 0.29) is 0 Å². The Kier molecular flexibility index (Phi) is 6.91. The fourth-order valence-electron chi connectivity index (χ4n) is 2.70. The number of benzene rings is 2. The molecule has 23 heavy (non-hydrogen) atoms. The number of rotatable bonds is 9. The maximum atomic E-state index is 5.78. The van der Waals surface area contributed by atoms with Gasteiger partial charge in [-0.05, 0) is 18.1 Å². The van der Waals surface area contributed by atoms with Gasteiger partial charge in [-0.15, -0.1) is 0 Å². The summed E-state index contributed by atoms with van der Waals surface area (Å²) in [6.07, 6.45) is 1.01. The van der Waals surface area contributed by atoms with Gasteiger partial charge in [0.2, 0.25) is 0 Å². The molecule has 2 aromatic rings. The van der Waals surface area contributed by atoms with Crippen LogP contribution in [0.15, 0.2) is 48.5 Å². The molecule has 0 radical (unpaired) electrons. The molecule has 0 aromatic heterocycles. The molecule has 124 valence electrons. The molecule has 2 N–H and O–H groups in total. The summed E-state index contributed by atoms with van der Waals surface area (Å²) in [5, 5.41) is 0. The minimum atomic E-state index is 0.640. The highest BCUT2D eigenvalue weighted by atomic mass is 16.5. The van der Waals surface area contributed by atoms with E-state index in [4.69, 9.17) is 15.2 Å². The van der Waals surface area contributed by atoms with Crippen LogP contribution >= 0.6 is 0 Å². The van der Waals surface area contributed by atoms with Crippen LogP contribution in [0.1, 0.15) is 11.1 Å². The van der Waals surface area contributed by atoms with E-state index in [2.05, 4.69) is 35.2 Å². The van der Waals surface area contributed by atoms with E-state index in [0.717, 1.165) is 43.1 Å². The monoisotopic (exact) mass is 314 g/mol. The molecule has 0 fully saturated rings. The van der Waals surface area contributed by atoms with Crippen LogP contribution in [0.25, 0.3) is 0 Å². The molecule has 0 aliphatic heterocycles. The van der Waals surface area contributed by atoms with Gasteiger partial charge in [-0.1, -0.05) is 42.5 Å². The van der Waals surface area contributed by atoms with Gasteiger partial charge in [0.25, 0.3) is 0 Å². The lowest BCUT2D eigenvalue weighted by molar-refractivity contribution is 0.268. The van der Waals surface area contributed by atoms with E-state index in [0.29, 0.717) is 6.54 Å². The van der Waals surface area contributed by atoms with Gasteiger partial charge in [-0.2, -0.15) is 0 Å². The van der Waals surface area contributed by atoms with Gasteiger partial charge < -0.3 is 15.2 Å².